The number of carbonyl (C=O) groups excluding carboxylic acids is 2. The number of anilines is 2. The Morgan fingerprint density at radius 2 is 1.07 bits per heavy atom. The highest BCUT2D eigenvalue weighted by atomic mass is 19.1. The van der Waals surface area contributed by atoms with E-state index >= 15 is 0 Å². The Balaban J connectivity index is 0.000000139. The Hall–Kier alpha value is -5.83. The number of carbonyl (C=O) groups is 2. The first kappa shape index (κ1) is 35.6. The fourth-order valence-corrected chi connectivity index (χ4v) is 7.88. The minimum atomic E-state index is -0.347. The van der Waals surface area contributed by atoms with Crippen LogP contribution in [0.15, 0.2) is 115 Å². The van der Waals surface area contributed by atoms with Gasteiger partial charge in [0.1, 0.15) is 5.82 Å². The minimum absolute atomic E-state index is 0.102. The van der Waals surface area contributed by atoms with E-state index in [2.05, 4.69) is 56.4 Å². The highest BCUT2D eigenvalue weighted by molar-refractivity contribution is 6.01. The van der Waals surface area contributed by atoms with Crippen LogP contribution in [0.3, 0.4) is 0 Å². The molecule has 0 aliphatic heterocycles. The lowest BCUT2D eigenvalue weighted by Crippen LogP contribution is -2.27. The number of rotatable bonds is 12. The van der Waals surface area contributed by atoms with E-state index < -0.39 is 0 Å². The molecule has 2 amide bonds. The third-order valence-electron chi connectivity index (χ3n) is 12.0. The van der Waals surface area contributed by atoms with Crippen LogP contribution in [-0.2, 0) is 21.4 Å². The second-order valence-electron chi connectivity index (χ2n) is 16.8. The molecule has 8 nitrogen and oxygen atoms in total. The van der Waals surface area contributed by atoms with E-state index in [0.29, 0.717) is 23.7 Å². The van der Waals surface area contributed by atoms with Gasteiger partial charge in [0, 0.05) is 46.4 Å². The molecule has 0 radical (unpaired) electrons. The predicted octanol–water partition coefficient (Wildman–Crippen LogP) is 10.2. The number of aromatic nitrogens is 4. The van der Waals surface area contributed by atoms with Crippen molar-refractivity contribution >= 4 is 23.2 Å². The number of nitrogens with one attached hydrogen (secondary N) is 2. The molecule has 6 aromatic rings. The summed E-state index contributed by atoms with van der Waals surface area (Å²) in [6, 6.07) is 36.7. The smallest absolute Gasteiger partial charge is 0.235 e. The van der Waals surface area contributed by atoms with Gasteiger partial charge >= 0.3 is 0 Å². The number of hydrogen-bond acceptors (Lipinski definition) is 4. The zero-order valence-electron chi connectivity index (χ0n) is 32.0. The van der Waals surface area contributed by atoms with Crippen LogP contribution in [0.2, 0.25) is 0 Å². The zero-order chi connectivity index (χ0) is 38.5. The highest BCUT2D eigenvalue weighted by Crippen LogP contribution is 2.49. The average Bonchev–Trinajstić information content (AvgIpc) is 4.02. The number of hydrogen-bond donors (Lipinski definition) is 2. The summed E-state index contributed by atoms with van der Waals surface area (Å²) < 4.78 is 17.2. The number of benzene rings is 4. The molecular weight excluding hydrogens is 712 g/mol. The van der Waals surface area contributed by atoms with E-state index in [-0.39, 0.29) is 29.5 Å². The van der Waals surface area contributed by atoms with Crippen molar-refractivity contribution in [3.05, 3.63) is 155 Å². The molecule has 5 aliphatic carbocycles. The Kier molecular flexibility index (Phi) is 9.11. The summed E-state index contributed by atoms with van der Waals surface area (Å²) in [6.45, 7) is 0. The van der Waals surface area contributed by atoms with Crippen LogP contribution in [0.5, 0.6) is 0 Å². The van der Waals surface area contributed by atoms with Crippen molar-refractivity contribution < 1.29 is 14.0 Å². The van der Waals surface area contributed by atoms with E-state index in [9.17, 15) is 14.0 Å². The molecule has 0 bridgehead atoms. The van der Waals surface area contributed by atoms with Gasteiger partial charge in [0.2, 0.25) is 11.8 Å². The Bertz CT molecular complexity index is 2400. The maximum Gasteiger partial charge on any atom is 0.235 e. The number of halogens is 1. The maximum absolute atomic E-state index is 13.0. The molecule has 0 atom stereocenters. The third-order valence-corrected chi connectivity index (χ3v) is 12.0. The van der Waals surface area contributed by atoms with Crippen molar-refractivity contribution in [3.63, 3.8) is 0 Å². The largest absolute Gasteiger partial charge is 0.326 e. The summed E-state index contributed by atoms with van der Waals surface area (Å²) in [4.78, 5) is 25.2. The molecule has 4 aromatic carbocycles. The normalized spacial score (nSPS) is 18.0. The molecule has 5 saturated carbocycles. The van der Waals surface area contributed by atoms with Crippen molar-refractivity contribution in [2.75, 3.05) is 10.6 Å². The lowest BCUT2D eigenvalue weighted by atomic mass is 9.95. The van der Waals surface area contributed by atoms with Gasteiger partial charge in [-0.25, -0.2) is 13.8 Å². The first-order valence-corrected chi connectivity index (χ1v) is 20.7. The van der Waals surface area contributed by atoms with Crippen LogP contribution in [0.25, 0.3) is 11.4 Å². The highest BCUT2D eigenvalue weighted by Gasteiger charge is 2.51. The van der Waals surface area contributed by atoms with Gasteiger partial charge in [0.15, 0.2) is 0 Å². The Morgan fingerprint density at radius 3 is 1.53 bits per heavy atom. The van der Waals surface area contributed by atoms with Gasteiger partial charge in [0.05, 0.1) is 34.6 Å². The fourth-order valence-electron chi connectivity index (χ4n) is 7.88. The predicted molar refractivity (Wildman–Crippen MR) is 220 cm³/mol. The summed E-state index contributed by atoms with van der Waals surface area (Å²) in [5.41, 5.74) is 10.4. The van der Waals surface area contributed by atoms with Crippen LogP contribution in [0, 0.1) is 5.82 Å². The molecule has 9 heteroatoms. The molecule has 0 saturated heterocycles. The molecule has 2 heterocycles. The van der Waals surface area contributed by atoms with Gasteiger partial charge in [-0.1, -0.05) is 42.5 Å². The second-order valence-corrected chi connectivity index (χ2v) is 16.8. The summed E-state index contributed by atoms with van der Waals surface area (Å²) in [6.07, 6.45) is 12.1. The van der Waals surface area contributed by atoms with Crippen molar-refractivity contribution in [3.8, 4) is 11.4 Å². The monoisotopic (exact) mass is 758 g/mol. The maximum atomic E-state index is 13.0. The van der Waals surface area contributed by atoms with Crippen LogP contribution in [0.4, 0.5) is 15.8 Å². The summed E-state index contributed by atoms with van der Waals surface area (Å²) >= 11 is 0. The molecule has 5 aliphatic rings. The number of amides is 2. The van der Waals surface area contributed by atoms with Gasteiger partial charge in [-0.15, -0.1) is 0 Å². The minimum Gasteiger partial charge on any atom is -0.326 e. The van der Waals surface area contributed by atoms with Gasteiger partial charge in [-0.2, -0.15) is 10.2 Å². The topological polar surface area (TPSA) is 93.8 Å². The van der Waals surface area contributed by atoms with Crippen LogP contribution < -0.4 is 10.6 Å². The van der Waals surface area contributed by atoms with E-state index in [4.69, 9.17) is 10.2 Å². The SMILES string of the molecule is O=C(Cc1ccc(F)cc1)Nc1ccc(-n2nc(C3CC3)cc2C2CC2)cc1.O=C(Nc1ccc(-n2nc(C3CC3)cc2C2CC2)cc1)C1(c2ccccc2)CC1. The number of nitrogens with zero attached hydrogens (tertiary/aromatic N) is 4. The molecule has 2 aromatic heterocycles. The van der Waals surface area contributed by atoms with Crippen LogP contribution >= 0.6 is 0 Å². The van der Waals surface area contributed by atoms with Crippen molar-refractivity contribution in [1.29, 1.82) is 0 Å². The first-order chi connectivity index (χ1) is 27.9. The van der Waals surface area contributed by atoms with Crippen molar-refractivity contribution in [2.45, 2.75) is 99.7 Å². The summed E-state index contributed by atoms with van der Waals surface area (Å²) in [5, 5.41) is 15.8. The average molecular weight is 759 g/mol. The molecule has 0 spiro atoms. The first-order valence-electron chi connectivity index (χ1n) is 20.7. The lowest BCUT2D eigenvalue weighted by molar-refractivity contribution is -0.118. The Labute approximate surface area is 332 Å². The lowest BCUT2D eigenvalue weighted by Gasteiger charge is -2.16. The summed E-state index contributed by atoms with van der Waals surface area (Å²) in [7, 11) is 0. The molecular formula is C48H47FN6O2. The van der Waals surface area contributed by atoms with Crippen LogP contribution in [0.1, 0.15) is 122 Å². The van der Waals surface area contributed by atoms with E-state index in [1.165, 1.54) is 86.3 Å². The van der Waals surface area contributed by atoms with E-state index in [0.717, 1.165) is 46.7 Å². The Morgan fingerprint density at radius 1 is 0.596 bits per heavy atom. The van der Waals surface area contributed by atoms with Crippen LogP contribution in [-0.4, -0.2) is 31.4 Å². The second kappa shape index (κ2) is 14.6. The quantitative estimate of drug-likeness (QED) is 0.130. The fraction of sp³-hybridized carbons (Fsp3) is 0.333. The molecule has 11 rings (SSSR count). The van der Waals surface area contributed by atoms with Gasteiger partial charge in [-0.05, 0) is 148 Å². The van der Waals surface area contributed by atoms with E-state index in [1.54, 1.807) is 12.1 Å². The van der Waals surface area contributed by atoms with Crippen molar-refractivity contribution in [1.82, 2.24) is 19.6 Å². The third kappa shape index (κ3) is 7.93. The zero-order valence-corrected chi connectivity index (χ0v) is 32.0. The molecule has 288 valence electrons. The van der Waals surface area contributed by atoms with Gasteiger partial charge < -0.3 is 10.6 Å². The molecule has 57 heavy (non-hydrogen) atoms. The molecule has 5 fully saturated rings. The van der Waals surface area contributed by atoms with E-state index in [1.807, 2.05) is 54.6 Å². The van der Waals surface area contributed by atoms with Crippen molar-refractivity contribution in [2.24, 2.45) is 0 Å². The molecule has 0 unspecified atom stereocenters. The van der Waals surface area contributed by atoms with Gasteiger partial charge in [-0.3, -0.25) is 9.59 Å². The summed E-state index contributed by atoms with van der Waals surface area (Å²) in [5.74, 6) is 2.29. The standard InChI is InChI=1S/C25H25N3O.C23H22FN3O/c29-24(25(14-15-25)19-4-2-1-3-5-19)26-20-10-12-21(13-11-20)28-23(18-8-9-18)16-22(27-28)17-6-7-17;24-18-7-1-15(2-8-18)13-23(28)25-19-9-11-20(12-10-19)27-22(17-5-6-17)14-21(26-27)16-3-4-16/h1-5,10-13,16-18H,6-9,14-15H2,(H,26,29);1-2,7-12,14,16-17H,3-6,13H2,(H,25,28). The van der Waals surface area contributed by atoms with Gasteiger partial charge in [0.25, 0.3) is 0 Å². The molecule has 2 N–H and O–H groups in total.